The number of nitrogens with zero attached hydrogens (tertiary/aromatic N) is 5. The molecule has 0 fully saturated rings. The molecule has 2 heterocycles. The summed E-state index contributed by atoms with van der Waals surface area (Å²) in [6.45, 7) is -0.0713. The maximum absolute atomic E-state index is 12.6. The molecule has 0 aliphatic carbocycles. The van der Waals surface area contributed by atoms with E-state index in [2.05, 4.69) is 15.3 Å². The number of carbonyl (C=O) groups is 8. The van der Waals surface area contributed by atoms with E-state index in [0.29, 0.717) is 24.6 Å². The van der Waals surface area contributed by atoms with E-state index in [0.717, 1.165) is 0 Å². The van der Waals surface area contributed by atoms with Crippen LogP contribution >= 0.6 is 0 Å². The summed E-state index contributed by atoms with van der Waals surface area (Å²) in [5.74, 6) is -7.96. The quantitative estimate of drug-likeness (QED) is 0.0531. The molecule has 0 spiro atoms. The number of aliphatic carboxylic acids is 6. The second-order valence-electron chi connectivity index (χ2n) is 11.3. The van der Waals surface area contributed by atoms with Gasteiger partial charge >= 0.3 is 41.8 Å². The molecule has 287 valence electrons. The van der Waals surface area contributed by atoms with Crippen LogP contribution in [0.4, 0.5) is 4.79 Å². The van der Waals surface area contributed by atoms with Gasteiger partial charge < -0.3 is 55.7 Å². The summed E-state index contributed by atoms with van der Waals surface area (Å²) in [5.41, 5.74) is 0. The Morgan fingerprint density at radius 1 is 0.615 bits per heavy atom. The van der Waals surface area contributed by atoms with Crippen LogP contribution < -0.4 is 16.0 Å². The monoisotopic (exact) mass is 911 g/mol. The average Bonchev–Trinajstić information content (AvgIpc) is 3.65. The second-order valence-corrected chi connectivity index (χ2v) is 11.3. The third-order valence-electron chi connectivity index (χ3n) is 7.31. The van der Waals surface area contributed by atoms with Gasteiger partial charge in [0.15, 0.2) is 0 Å². The van der Waals surface area contributed by atoms with E-state index in [1.807, 2.05) is 15.5 Å². The predicted molar refractivity (Wildman–Crippen MR) is 168 cm³/mol. The van der Waals surface area contributed by atoms with Crippen LogP contribution in [0.15, 0.2) is 24.8 Å². The van der Waals surface area contributed by atoms with Crippen LogP contribution in [-0.2, 0) is 80.2 Å². The van der Waals surface area contributed by atoms with Crippen LogP contribution in [0, 0.1) is 0 Å². The first-order valence-electron chi connectivity index (χ1n) is 15.5. The number of nitrogens with one attached hydrogen (secondary N) is 3. The number of carboxylic acid groups (broad SMARTS) is 6. The topological polar surface area (TPSA) is 333 Å². The van der Waals surface area contributed by atoms with Crippen molar-refractivity contribution in [3.05, 3.63) is 36.4 Å². The van der Waals surface area contributed by atoms with Crippen molar-refractivity contribution in [1.29, 1.82) is 0 Å². The number of carboxylic acids is 6. The van der Waals surface area contributed by atoms with Gasteiger partial charge in [0.05, 0.1) is 13.1 Å². The average molecular weight is 911 g/mol. The molecule has 52 heavy (non-hydrogen) atoms. The van der Waals surface area contributed by atoms with E-state index in [-0.39, 0.29) is 59.4 Å². The van der Waals surface area contributed by atoms with E-state index in [1.54, 1.807) is 0 Å². The minimum absolute atomic E-state index is 0. The summed E-state index contributed by atoms with van der Waals surface area (Å²) in [6.07, 6.45) is 4.42. The molecular weight excluding hydrogens is 871 g/mol. The van der Waals surface area contributed by atoms with Gasteiger partial charge in [-0.05, 0) is 38.6 Å². The Morgan fingerprint density at radius 3 is 1.48 bits per heavy atom. The van der Waals surface area contributed by atoms with Gasteiger partial charge in [-0.2, -0.15) is 0 Å². The van der Waals surface area contributed by atoms with Crippen LogP contribution in [0.25, 0.3) is 0 Å². The summed E-state index contributed by atoms with van der Waals surface area (Å²) in [5, 5.41) is 61.7. The van der Waals surface area contributed by atoms with Gasteiger partial charge in [-0.15, -0.1) is 0 Å². The molecular formula is C29H40N8O14Re. The van der Waals surface area contributed by atoms with Crippen molar-refractivity contribution in [2.24, 2.45) is 0 Å². The Morgan fingerprint density at radius 2 is 1.06 bits per heavy atom. The van der Waals surface area contributed by atoms with Crippen LogP contribution in [0.2, 0.25) is 0 Å². The molecule has 0 bridgehead atoms. The van der Waals surface area contributed by atoms with E-state index in [1.165, 1.54) is 33.9 Å². The number of carbonyl (C=O) groups excluding carboxylic acids is 2. The molecule has 1 unspecified atom stereocenters. The van der Waals surface area contributed by atoms with E-state index >= 15 is 0 Å². The van der Waals surface area contributed by atoms with Gasteiger partial charge in [0.1, 0.15) is 42.9 Å². The van der Waals surface area contributed by atoms with Crippen molar-refractivity contribution >= 4 is 47.8 Å². The van der Waals surface area contributed by atoms with Crippen molar-refractivity contribution < 1.29 is 89.4 Å². The van der Waals surface area contributed by atoms with Crippen LogP contribution in [0.3, 0.4) is 0 Å². The van der Waals surface area contributed by atoms with Gasteiger partial charge in [-0.3, -0.25) is 24.1 Å². The Balaban J connectivity index is 0.0000135. The number of amides is 3. The molecule has 2 aromatic heterocycles. The van der Waals surface area contributed by atoms with E-state index < -0.39 is 91.6 Å². The first kappa shape index (κ1) is 44.6. The fourth-order valence-corrected chi connectivity index (χ4v) is 4.80. The van der Waals surface area contributed by atoms with Crippen LogP contribution in [0.5, 0.6) is 0 Å². The summed E-state index contributed by atoms with van der Waals surface area (Å²) >= 11 is 0. The number of unbranched alkanes of at least 4 members (excludes halogenated alkanes) is 1. The summed E-state index contributed by atoms with van der Waals surface area (Å²) in [7, 11) is 0. The van der Waals surface area contributed by atoms with Crippen molar-refractivity contribution in [3.63, 3.8) is 0 Å². The zero-order valence-electron chi connectivity index (χ0n) is 27.6. The number of rotatable bonds is 25. The molecule has 9 N–H and O–H groups in total. The molecule has 0 saturated carbocycles. The van der Waals surface area contributed by atoms with Gasteiger partial charge in [-0.1, -0.05) is 0 Å². The van der Waals surface area contributed by atoms with E-state index in [9.17, 15) is 58.8 Å². The predicted octanol–water partition coefficient (Wildman–Crippen LogP) is -1.16. The van der Waals surface area contributed by atoms with Crippen LogP contribution in [-0.4, -0.2) is 127 Å². The van der Waals surface area contributed by atoms with Crippen molar-refractivity contribution in [3.8, 4) is 0 Å². The Bertz CT molecular complexity index is 1510. The maximum Gasteiger partial charge on any atom is 0.326 e. The van der Waals surface area contributed by atoms with Crippen molar-refractivity contribution in [2.45, 2.75) is 89.3 Å². The Kier molecular flexibility index (Phi) is 19.2. The molecule has 0 aliphatic heterocycles. The first-order chi connectivity index (χ1) is 24.0. The third kappa shape index (κ3) is 16.5. The molecule has 3 amide bonds. The minimum Gasteiger partial charge on any atom is -0.481 e. The fraction of sp³-hybridized carbons (Fsp3) is 0.517. The summed E-state index contributed by atoms with van der Waals surface area (Å²) in [6, 6.07) is -5.88. The zero-order chi connectivity index (χ0) is 38.1. The Labute approximate surface area is 308 Å². The van der Waals surface area contributed by atoms with E-state index in [4.69, 9.17) is 10.2 Å². The Hall–Kier alpha value is -5.40. The van der Waals surface area contributed by atoms with Crippen molar-refractivity contribution in [2.75, 3.05) is 6.54 Å². The summed E-state index contributed by atoms with van der Waals surface area (Å²) < 4.78 is 2.86. The smallest absolute Gasteiger partial charge is 0.326 e. The molecule has 0 aromatic carbocycles. The molecule has 0 aliphatic rings. The molecule has 23 heteroatoms. The van der Waals surface area contributed by atoms with Crippen LogP contribution in [0.1, 0.15) is 56.6 Å². The SMILES string of the molecule is O=C(O)CC[C@H](NC(=O)N[C@@H](CCC(=O)NC(CCCCN(Cc1nccn1CC(=O)O)Cc1nccn1CC(=O)O)C(=O)O)C(=O)O)C(=O)O.[Re]. The number of aromatic nitrogens is 4. The van der Waals surface area contributed by atoms with Crippen molar-refractivity contribution in [1.82, 2.24) is 40.0 Å². The number of hydrogen-bond donors (Lipinski definition) is 9. The standard InChI is InChI=1S/C29H40N8O14.Re/c38-22(6-4-18(27(47)48)33-29(51)34-19(28(49)50)5-7-23(39)40)32-17(26(45)46)3-1-2-10-35(13-20-30-8-11-36(20)15-24(41)42)14-21-31-9-12-37(21)16-25(43)44;/h8-9,11-12,17-19H,1-7,10,13-16H2,(H,32,38)(H,39,40)(H,41,42)(H,43,44)(H,45,46)(H,47,48)(H,49,50)(H2,33,34,51);/t17?,18-,19-;/m0./s1. The van der Waals surface area contributed by atoms with Gasteiger partial charge in [0.25, 0.3) is 0 Å². The molecule has 1 radical (unpaired) electrons. The summed E-state index contributed by atoms with van der Waals surface area (Å²) in [4.78, 5) is 103. The fourth-order valence-electron chi connectivity index (χ4n) is 4.80. The molecule has 0 saturated heterocycles. The van der Waals surface area contributed by atoms with Gasteiger partial charge in [0.2, 0.25) is 5.91 Å². The number of urea groups is 1. The molecule has 2 rings (SSSR count). The van der Waals surface area contributed by atoms with Gasteiger partial charge in [-0.25, -0.2) is 29.1 Å². The second kappa shape index (κ2) is 22.4. The molecule has 3 atom stereocenters. The zero-order valence-corrected chi connectivity index (χ0v) is 30.3. The minimum atomic E-state index is -1.67. The number of imidazole rings is 2. The normalized spacial score (nSPS) is 12.5. The molecule has 22 nitrogen and oxygen atoms in total. The first-order valence-corrected chi connectivity index (χ1v) is 15.5. The molecule has 2 aromatic rings. The maximum atomic E-state index is 12.6. The largest absolute Gasteiger partial charge is 0.481 e. The number of hydrogen-bond acceptors (Lipinski definition) is 11. The third-order valence-corrected chi connectivity index (χ3v) is 7.31. The van der Waals surface area contributed by atoms with Gasteiger partial charge in [0, 0.05) is 58.1 Å².